The first-order valence-electron chi connectivity index (χ1n) is 11.9. The van der Waals surface area contributed by atoms with Crippen molar-refractivity contribution in [3.63, 3.8) is 0 Å². The number of hydrogen-bond acceptors (Lipinski definition) is 6. The molecule has 2 aromatic carbocycles. The van der Waals surface area contributed by atoms with Crippen LogP contribution < -0.4 is 10.1 Å². The largest absolute Gasteiger partial charge is 0.457 e. The molecule has 7 heteroatoms. The minimum Gasteiger partial charge on any atom is -0.457 e. The summed E-state index contributed by atoms with van der Waals surface area (Å²) in [6.07, 6.45) is 2.23. The molecule has 1 aliphatic carbocycles. The predicted molar refractivity (Wildman–Crippen MR) is 125 cm³/mol. The normalized spacial score (nSPS) is 24.7. The molecular formula is C26H33N3O4. The fourth-order valence-electron chi connectivity index (χ4n) is 4.73. The Morgan fingerprint density at radius 1 is 1.03 bits per heavy atom. The topological polar surface area (TPSA) is 63.3 Å². The molecule has 1 amide bonds. The molecule has 2 atom stereocenters. The molecule has 2 aromatic rings. The van der Waals surface area contributed by atoms with Crippen LogP contribution in [0.15, 0.2) is 48.5 Å². The van der Waals surface area contributed by atoms with Crippen molar-refractivity contribution in [3.05, 3.63) is 59.7 Å². The minimum atomic E-state index is -0.0645. The highest BCUT2D eigenvalue weighted by molar-refractivity contribution is 5.78. The first kappa shape index (κ1) is 22.3. The van der Waals surface area contributed by atoms with E-state index >= 15 is 0 Å². The highest BCUT2D eigenvalue weighted by Crippen LogP contribution is 2.30. The molecule has 0 spiro atoms. The maximum atomic E-state index is 13.1. The van der Waals surface area contributed by atoms with Crippen LogP contribution in [-0.4, -0.2) is 73.8 Å². The van der Waals surface area contributed by atoms with Crippen molar-refractivity contribution in [2.45, 2.75) is 44.2 Å². The second-order valence-electron chi connectivity index (χ2n) is 9.31. The Kier molecular flexibility index (Phi) is 6.92. The van der Waals surface area contributed by atoms with E-state index in [4.69, 9.17) is 14.2 Å². The Labute approximate surface area is 195 Å². The maximum absolute atomic E-state index is 13.1. The molecule has 7 nitrogen and oxygen atoms in total. The second kappa shape index (κ2) is 10.2. The summed E-state index contributed by atoms with van der Waals surface area (Å²) >= 11 is 0. The molecule has 3 aliphatic rings. The van der Waals surface area contributed by atoms with Gasteiger partial charge in [-0.3, -0.25) is 14.6 Å². The number of benzene rings is 2. The Balaban J connectivity index is 1.39. The van der Waals surface area contributed by atoms with Crippen LogP contribution >= 0.6 is 0 Å². The van der Waals surface area contributed by atoms with E-state index in [1.807, 2.05) is 36.4 Å². The summed E-state index contributed by atoms with van der Waals surface area (Å²) in [5, 5.41) is 3.28. The average Bonchev–Trinajstić information content (AvgIpc) is 3.58. The SMILES string of the molecule is COCCN1C[C@@H]2NC(=O)CN(C3CC3)Cc3cccc(c3)Oc3cccc(c3)CO[C@H]2C1. The Morgan fingerprint density at radius 2 is 1.79 bits per heavy atom. The molecular weight excluding hydrogens is 418 g/mol. The van der Waals surface area contributed by atoms with Gasteiger partial charge < -0.3 is 19.5 Å². The molecule has 1 saturated heterocycles. The zero-order valence-corrected chi connectivity index (χ0v) is 19.2. The summed E-state index contributed by atoms with van der Waals surface area (Å²) in [5.41, 5.74) is 2.21. The van der Waals surface area contributed by atoms with Crippen molar-refractivity contribution in [1.82, 2.24) is 15.1 Å². The Morgan fingerprint density at radius 3 is 2.55 bits per heavy atom. The third-order valence-corrected chi connectivity index (χ3v) is 6.59. The van der Waals surface area contributed by atoms with E-state index < -0.39 is 0 Å². The van der Waals surface area contributed by atoms with Gasteiger partial charge in [0.1, 0.15) is 11.5 Å². The molecule has 2 heterocycles. The average molecular weight is 452 g/mol. The third kappa shape index (κ3) is 5.92. The molecule has 0 radical (unpaired) electrons. The van der Waals surface area contributed by atoms with Gasteiger partial charge in [0.2, 0.25) is 5.91 Å². The van der Waals surface area contributed by atoms with Gasteiger partial charge in [-0.25, -0.2) is 0 Å². The van der Waals surface area contributed by atoms with Gasteiger partial charge in [0.05, 0.1) is 31.9 Å². The van der Waals surface area contributed by atoms with Crippen molar-refractivity contribution in [2.24, 2.45) is 0 Å². The number of ether oxygens (including phenoxy) is 3. The lowest BCUT2D eigenvalue weighted by molar-refractivity contribution is -0.124. The molecule has 1 saturated carbocycles. The number of hydrogen-bond donors (Lipinski definition) is 1. The summed E-state index contributed by atoms with van der Waals surface area (Å²) in [4.78, 5) is 17.7. The first-order valence-corrected chi connectivity index (χ1v) is 11.9. The van der Waals surface area contributed by atoms with Crippen LogP contribution in [0.3, 0.4) is 0 Å². The number of carbonyl (C=O) groups is 1. The summed E-state index contributed by atoms with van der Waals surface area (Å²) in [5.74, 6) is 1.68. The number of nitrogens with zero attached hydrogens (tertiary/aromatic N) is 2. The molecule has 4 bridgehead atoms. The molecule has 2 aliphatic heterocycles. The number of likely N-dealkylation sites (tertiary alicyclic amines) is 1. The lowest BCUT2D eigenvalue weighted by atomic mass is 10.1. The van der Waals surface area contributed by atoms with E-state index in [2.05, 4.69) is 27.2 Å². The summed E-state index contributed by atoms with van der Waals surface area (Å²) in [7, 11) is 1.72. The van der Waals surface area contributed by atoms with Gasteiger partial charge in [-0.2, -0.15) is 0 Å². The fraction of sp³-hybridized carbons (Fsp3) is 0.500. The standard InChI is InChI=1S/C26H33N3O4/c1-31-11-10-28-15-24-25(16-28)32-18-20-5-3-7-23(13-20)33-22-6-2-4-19(12-22)14-29(21-8-9-21)17-26(30)27-24/h2-7,12-13,21,24-25H,8-11,14-18H2,1H3,(H,27,30)/t24-,25-/m0/s1. The van der Waals surface area contributed by atoms with Crippen molar-refractivity contribution < 1.29 is 19.0 Å². The number of amides is 1. The van der Waals surface area contributed by atoms with Crippen LogP contribution in [-0.2, 0) is 27.4 Å². The molecule has 176 valence electrons. The van der Waals surface area contributed by atoms with E-state index in [-0.39, 0.29) is 18.1 Å². The predicted octanol–water partition coefficient (Wildman–Crippen LogP) is 2.79. The summed E-state index contributed by atoms with van der Waals surface area (Å²) in [6.45, 7) is 4.66. The summed E-state index contributed by atoms with van der Waals surface area (Å²) in [6, 6.07) is 16.7. The van der Waals surface area contributed by atoms with Crippen molar-refractivity contribution in [1.29, 1.82) is 0 Å². The molecule has 5 rings (SSSR count). The minimum absolute atomic E-state index is 0.0360. The van der Waals surface area contributed by atoms with Crippen molar-refractivity contribution in [3.8, 4) is 11.5 Å². The van der Waals surface area contributed by atoms with Gasteiger partial charge in [0.15, 0.2) is 0 Å². The highest BCUT2D eigenvalue weighted by Gasteiger charge is 2.36. The van der Waals surface area contributed by atoms with Crippen molar-refractivity contribution in [2.75, 3.05) is 39.9 Å². The lowest BCUT2D eigenvalue weighted by Crippen LogP contribution is -2.48. The van der Waals surface area contributed by atoms with Gasteiger partial charge in [0.25, 0.3) is 0 Å². The van der Waals surface area contributed by atoms with Gasteiger partial charge in [-0.15, -0.1) is 0 Å². The number of methoxy groups -OCH3 is 1. The smallest absolute Gasteiger partial charge is 0.234 e. The molecule has 33 heavy (non-hydrogen) atoms. The molecule has 0 unspecified atom stereocenters. The van der Waals surface area contributed by atoms with E-state index in [1.54, 1.807) is 7.11 Å². The quantitative estimate of drug-likeness (QED) is 0.771. The highest BCUT2D eigenvalue weighted by atomic mass is 16.5. The van der Waals surface area contributed by atoms with Crippen LogP contribution in [0.5, 0.6) is 11.5 Å². The zero-order chi connectivity index (χ0) is 22.6. The van der Waals surface area contributed by atoms with E-state index in [0.29, 0.717) is 25.8 Å². The van der Waals surface area contributed by atoms with Gasteiger partial charge >= 0.3 is 0 Å². The maximum Gasteiger partial charge on any atom is 0.234 e. The number of rotatable bonds is 4. The third-order valence-electron chi connectivity index (χ3n) is 6.59. The van der Waals surface area contributed by atoms with Gasteiger partial charge in [-0.05, 0) is 48.2 Å². The number of nitrogens with one attached hydrogen (secondary N) is 1. The Hall–Kier alpha value is -2.45. The number of carbonyl (C=O) groups excluding carboxylic acids is 1. The zero-order valence-electron chi connectivity index (χ0n) is 19.2. The second-order valence-corrected chi connectivity index (χ2v) is 9.31. The summed E-state index contributed by atoms with van der Waals surface area (Å²) < 4.78 is 17.8. The molecule has 0 aromatic heterocycles. The molecule has 2 fully saturated rings. The van der Waals surface area contributed by atoms with E-state index in [9.17, 15) is 4.79 Å². The van der Waals surface area contributed by atoms with E-state index in [0.717, 1.165) is 61.6 Å². The van der Waals surface area contributed by atoms with Gasteiger partial charge in [-0.1, -0.05) is 24.3 Å². The lowest BCUT2D eigenvalue weighted by Gasteiger charge is -2.25. The van der Waals surface area contributed by atoms with Crippen LogP contribution in [0.2, 0.25) is 0 Å². The van der Waals surface area contributed by atoms with Crippen LogP contribution in [0.25, 0.3) is 0 Å². The van der Waals surface area contributed by atoms with E-state index in [1.165, 1.54) is 0 Å². The number of fused-ring (bicyclic) bond motifs is 5. The van der Waals surface area contributed by atoms with Gasteiger partial charge in [0, 0.05) is 39.3 Å². The first-order chi connectivity index (χ1) is 16.2. The monoisotopic (exact) mass is 451 g/mol. The van der Waals surface area contributed by atoms with Crippen LogP contribution in [0.1, 0.15) is 24.0 Å². The van der Waals surface area contributed by atoms with Crippen LogP contribution in [0, 0.1) is 0 Å². The van der Waals surface area contributed by atoms with Crippen LogP contribution in [0.4, 0.5) is 0 Å². The van der Waals surface area contributed by atoms with Crippen molar-refractivity contribution >= 4 is 5.91 Å². The Bertz CT molecular complexity index is 964. The fourth-order valence-corrected chi connectivity index (χ4v) is 4.73. The molecule has 1 N–H and O–H groups in total.